The van der Waals surface area contributed by atoms with Crippen molar-refractivity contribution in [1.82, 2.24) is 9.88 Å². The fraction of sp³-hybridized carbons (Fsp3) is 0.381. The summed E-state index contributed by atoms with van der Waals surface area (Å²) in [6, 6.07) is 15.8. The van der Waals surface area contributed by atoms with Gasteiger partial charge in [0.05, 0.1) is 6.54 Å². The van der Waals surface area contributed by atoms with Crippen LogP contribution in [0.4, 0.5) is 11.5 Å². The van der Waals surface area contributed by atoms with Gasteiger partial charge in [-0.25, -0.2) is 4.98 Å². The van der Waals surface area contributed by atoms with E-state index < -0.39 is 0 Å². The number of carbonyl (C=O) groups excluding carboxylic acids is 1. The minimum Gasteiger partial charge on any atom is -0.354 e. The van der Waals surface area contributed by atoms with E-state index in [9.17, 15) is 4.79 Å². The molecule has 138 valence electrons. The summed E-state index contributed by atoms with van der Waals surface area (Å²) in [5.74, 6) is 1.02. The van der Waals surface area contributed by atoms with Crippen LogP contribution >= 0.6 is 0 Å². The molecule has 1 amide bonds. The molecule has 1 aromatic carbocycles. The van der Waals surface area contributed by atoms with Gasteiger partial charge in [0.2, 0.25) is 5.91 Å². The number of aryl methyl sites for hydroxylation is 1. The zero-order valence-electron chi connectivity index (χ0n) is 15.3. The van der Waals surface area contributed by atoms with Gasteiger partial charge in [0, 0.05) is 38.4 Å². The molecule has 0 N–H and O–H groups in total. The summed E-state index contributed by atoms with van der Waals surface area (Å²) in [7, 11) is 0. The van der Waals surface area contributed by atoms with E-state index in [1.807, 2.05) is 29.2 Å². The molecule has 4 rings (SSSR count). The molecular weight excluding hydrogens is 338 g/mol. The Kier molecular flexibility index (Phi) is 5.03. The lowest BCUT2D eigenvalue weighted by atomic mass is 10.0. The van der Waals surface area contributed by atoms with Crippen LogP contribution in [0.15, 0.2) is 42.5 Å². The summed E-state index contributed by atoms with van der Waals surface area (Å²) in [5, 5.41) is 9.01. The van der Waals surface area contributed by atoms with Crippen molar-refractivity contribution in [3.8, 4) is 6.07 Å². The van der Waals surface area contributed by atoms with Crippen LogP contribution in [-0.2, 0) is 11.2 Å². The first-order chi connectivity index (χ1) is 13.2. The van der Waals surface area contributed by atoms with Gasteiger partial charge in [0.25, 0.3) is 0 Å². The van der Waals surface area contributed by atoms with Crippen molar-refractivity contribution in [3.05, 3.63) is 53.7 Å². The number of benzene rings is 1. The molecule has 0 radical (unpaired) electrons. The van der Waals surface area contributed by atoms with Crippen LogP contribution in [0.1, 0.15) is 17.7 Å². The predicted molar refractivity (Wildman–Crippen MR) is 105 cm³/mol. The number of anilines is 2. The zero-order valence-corrected chi connectivity index (χ0v) is 15.3. The lowest BCUT2D eigenvalue weighted by Gasteiger charge is -2.37. The molecule has 1 fully saturated rings. The summed E-state index contributed by atoms with van der Waals surface area (Å²) in [6.07, 6.45) is 2.07. The molecule has 3 heterocycles. The normalized spacial score (nSPS) is 17.3. The van der Waals surface area contributed by atoms with Crippen molar-refractivity contribution < 1.29 is 4.79 Å². The Labute approximate surface area is 159 Å². The fourth-order valence-corrected chi connectivity index (χ4v) is 3.87. The van der Waals surface area contributed by atoms with Crippen LogP contribution in [0.5, 0.6) is 0 Å². The monoisotopic (exact) mass is 361 g/mol. The molecule has 0 atom stereocenters. The predicted octanol–water partition coefficient (Wildman–Crippen LogP) is 2.05. The third-order valence-corrected chi connectivity index (χ3v) is 5.32. The highest BCUT2D eigenvalue weighted by Crippen LogP contribution is 2.27. The van der Waals surface area contributed by atoms with E-state index in [1.165, 1.54) is 5.56 Å². The summed E-state index contributed by atoms with van der Waals surface area (Å²) in [5.41, 5.74) is 2.78. The van der Waals surface area contributed by atoms with Crippen LogP contribution in [0.3, 0.4) is 0 Å². The van der Waals surface area contributed by atoms with E-state index in [2.05, 4.69) is 33.0 Å². The Morgan fingerprint density at radius 2 is 1.85 bits per heavy atom. The van der Waals surface area contributed by atoms with Gasteiger partial charge < -0.3 is 9.80 Å². The van der Waals surface area contributed by atoms with Gasteiger partial charge >= 0.3 is 0 Å². The Morgan fingerprint density at radius 1 is 1.04 bits per heavy atom. The molecule has 0 spiro atoms. The van der Waals surface area contributed by atoms with Crippen molar-refractivity contribution in [3.63, 3.8) is 0 Å². The van der Waals surface area contributed by atoms with E-state index in [0.717, 1.165) is 57.1 Å². The maximum absolute atomic E-state index is 12.9. The van der Waals surface area contributed by atoms with E-state index in [1.54, 1.807) is 6.07 Å². The molecule has 2 aliphatic heterocycles. The molecular formula is C21H23N5O. The van der Waals surface area contributed by atoms with E-state index >= 15 is 0 Å². The number of aromatic nitrogens is 1. The lowest BCUT2D eigenvalue weighted by Crippen LogP contribution is -2.51. The summed E-state index contributed by atoms with van der Waals surface area (Å²) in [4.78, 5) is 23.6. The van der Waals surface area contributed by atoms with Crippen molar-refractivity contribution in [2.45, 2.75) is 12.8 Å². The molecule has 1 aromatic heterocycles. The number of amides is 1. The number of rotatable bonds is 3. The number of piperazine rings is 1. The molecule has 0 aliphatic carbocycles. The third-order valence-electron chi connectivity index (χ3n) is 5.32. The molecule has 2 aliphatic rings. The molecule has 0 bridgehead atoms. The standard InChI is InChI=1S/C21H23N5O/c22-15-18-7-3-9-20(23-18)25-13-11-24(12-14-25)16-21(27)26-10-4-6-17-5-1-2-8-19(17)26/h1-3,5,7-9H,4,6,10-14,16H2. The van der Waals surface area contributed by atoms with Crippen LogP contribution < -0.4 is 9.80 Å². The molecule has 1 saturated heterocycles. The first kappa shape index (κ1) is 17.5. The number of pyridine rings is 1. The first-order valence-corrected chi connectivity index (χ1v) is 9.47. The highest BCUT2D eigenvalue weighted by molar-refractivity contribution is 5.96. The van der Waals surface area contributed by atoms with Gasteiger partial charge in [-0.05, 0) is 36.6 Å². The van der Waals surface area contributed by atoms with Crippen molar-refractivity contribution in [2.24, 2.45) is 0 Å². The van der Waals surface area contributed by atoms with Gasteiger partial charge in [-0.2, -0.15) is 5.26 Å². The zero-order chi connectivity index (χ0) is 18.6. The Bertz CT molecular complexity index is 867. The average Bonchev–Trinajstić information content (AvgIpc) is 2.74. The molecule has 0 saturated carbocycles. The number of hydrogen-bond donors (Lipinski definition) is 0. The SMILES string of the molecule is N#Cc1cccc(N2CCN(CC(=O)N3CCCc4ccccc43)CC2)n1. The average molecular weight is 361 g/mol. The number of nitriles is 1. The van der Waals surface area contributed by atoms with Gasteiger partial charge in [-0.1, -0.05) is 24.3 Å². The maximum atomic E-state index is 12.9. The summed E-state index contributed by atoms with van der Waals surface area (Å²) in [6.45, 7) is 4.52. The van der Waals surface area contributed by atoms with E-state index in [-0.39, 0.29) is 5.91 Å². The van der Waals surface area contributed by atoms with Crippen LogP contribution in [0.25, 0.3) is 0 Å². The fourth-order valence-electron chi connectivity index (χ4n) is 3.87. The first-order valence-electron chi connectivity index (χ1n) is 9.47. The van der Waals surface area contributed by atoms with Crippen LogP contribution in [0, 0.1) is 11.3 Å². The molecule has 27 heavy (non-hydrogen) atoms. The van der Waals surface area contributed by atoms with E-state index in [4.69, 9.17) is 5.26 Å². The maximum Gasteiger partial charge on any atom is 0.241 e. The van der Waals surface area contributed by atoms with Gasteiger partial charge in [0.15, 0.2) is 0 Å². The third kappa shape index (κ3) is 3.79. The Morgan fingerprint density at radius 3 is 2.67 bits per heavy atom. The van der Waals surface area contributed by atoms with Crippen LogP contribution in [-0.4, -0.2) is 55.1 Å². The summed E-state index contributed by atoms with van der Waals surface area (Å²) >= 11 is 0. The van der Waals surface area contributed by atoms with Gasteiger partial charge in [-0.15, -0.1) is 0 Å². The minimum atomic E-state index is 0.181. The smallest absolute Gasteiger partial charge is 0.241 e. The Hall–Kier alpha value is -2.91. The number of para-hydroxylation sites is 1. The number of hydrogen-bond acceptors (Lipinski definition) is 5. The minimum absolute atomic E-state index is 0.181. The number of carbonyl (C=O) groups is 1. The molecule has 0 unspecified atom stereocenters. The second kappa shape index (κ2) is 7.77. The number of nitrogens with zero attached hydrogens (tertiary/aromatic N) is 5. The number of fused-ring (bicyclic) bond motifs is 1. The molecule has 2 aromatic rings. The second-order valence-corrected chi connectivity index (χ2v) is 7.03. The molecule has 6 heteroatoms. The topological polar surface area (TPSA) is 63.5 Å². The van der Waals surface area contributed by atoms with Crippen molar-refractivity contribution >= 4 is 17.4 Å². The quantitative estimate of drug-likeness (QED) is 0.837. The van der Waals surface area contributed by atoms with Crippen molar-refractivity contribution in [2.75, 3.05) is 49.1 Å². The highest BCUT2D eigenvalue weighted by atomic mass is 16.2. The van der Waals surface area contributed by atoms with Gasteiger partial charge in [-0.3, -0.25) is 9.69 Å². The lowest BCUT2D eigenvalue weighted by molar-refractivity contribution is -0.119. The second-order valence-electron chi connectivity index (χ2n) is 7.03. The summed E-state index contributed by atoms with van der Waals surface area (Å²) < 4.78 is 0. The van der Waals surface area contributed by atoms with Crippen LogP contribution in [0.2, 0.25) is 0 Å². The molecule has 6 nitrogen and oxygen atoms in total. The van der Waals surface area contributed by atoms with Gasteiger partial charge in [0.1, 0.15) is 17.6 Å². The largest absolute Gasteiger partial charge is 0.354 e. The van der Waals surface area contributed by atoms with E-state index in [0.29, 0.717) is 12.2 Å². The highest BCUT2D eigenvalue weighted by Gasteiger charge is 2.25. The Balaban J connectivity index is 1.36. The van der Waals surface area contributed by atoms with Crippen molar-refractivity contribution in [1.29, 1.82) is 5.26 Å².